The lowest BCUT2D eigenvalue weighted by atomic mass is 9.90. The van der Waals surface area contributed by atoms with Crippen LogP contribution in [0.1, 0.15) is 27.7 Å². The van der Waals surface area contributed by atoms with Crippen LogP contribution in [0, 0.1) is 0 Å². The topological polar surface area (TPSA) is 43.4 Å². The second-order valence-electron chi connectivity index (χ2n) is 4.95. The van der Waals surface area contributed by atoms with Gasteiger partial charge in [0.25, 0.3) is 0 Å². The summed E-state index contributed by atoms with van der Waals surface area (Å²) < 4.78 is 11.6. The molecular weight excluding hydrogens is 203 g/mol. The molecule has 1 aliphatic rings. The maximum Gasteiger partial charge on any atom is 0.592 e. The van der Waals surface area contributed by atoms with Gasteiger partial charge in [-0.3, -0.25) is 0 Å². The van der Waals surface area contributed by atoms with Crippen molar-refractivity contribution in [2.45, 2.75) is 38.9 Å². The van der Waals surface area contributed by atoms with Crippen LogP contribution in [0.2, 0.25) is 0 Å². The summed E-state index contributed by atoms with van der Waals surface area (Å²) in [5.74, 6) is 0.751. The van der Waals surface area contributed by atoms with Gasteiger partial charge in [0.05, 0.1) is 11.2 Å². The van der Waals surface area contributed by atoms with E-state index in [-0.39, 0.29) is 11.2 Å². The molecule has 2 heterocycles. The Morgan fingerprint density at radius 1 is 1.12 bits per heavy atom. The summed E-state index contributed by atoms with van der Waals surface area (Å²) in [6, 6.07) is 5.67. The van der Waals surface area contributed by atoms with E-state index in [1.54, 1.807) is 6.20 Å². The summed E-state index contributed by atoms with van der Waals surface area (Å²) in [5.41, 5.74) is -0.640. The van der Waals surface area contributed by atoms with Crippen molar-refractivity contribution in [2.75, 3.05) is 5.23 Å². The second-order valence-corrected chi connectivity index (χ2v) is 4.95. The smallest absolute Gasteiger partial charge is 0.384 e. The van der Waals surface area contributed by atoms with Gasteiger partial charge in [0.15, 0.2) is 0 Å². The lowest BCUT2D eigenvalue weighted by molar-refractivity contribution is 0.00578. The van der Waals surface area contributed by atoms with Gasteiger partial charge in [-0.15, -0.1) is 0 Å². The zero-order valence-corrected chi connectivity index (χ0v) is 10.2. The van der Waals surface area contributed by atoms with Gasteiger partial charge in [-0.2, -0.15) is 0 Å². The van der Waals surface area contributed by atoms with Gasteiger partial charge in [0.1, 0.15) is 5.82 Å². The normalized spacial score (nSPS) is 22.1. The van der Waals surface area contributed by atoms with E-state index in [0.717, 1.165) is 5.82 Å². The molecule has 1 saturated heterocycles. The van der Waals surface area contributed by atoms with Crippen LogP contribution in [0.4, 0.5) is 5.82 Å². The molecule has 0 saturated carbocycles. The predicted molar refractivity (Wildman–Crippen MR) is 63.9 cm³/mol. The Balaban J connectivity index is 2.05. The molecule has 1 aromatic heterocycles. The molecule has 16 heavy (non-hydrogen) atoms. The minimum absolute atomic E-state index is 0.320. The van der Waals surface area contributed by atoms with E-state index in [4.69, 9.17) is 9.31 Å². The predicted octanol–water partition coefficient (Wildman–Crippen LogP) is 2.08. The molecule has 0 unspecified atom stereocenters. The van der Waals surface area contributed by atoms with Crippen molar-refractivity contribution < 1.29 is 9.31 Å². The highest BCUT2D eigenvalue weighted by atomic mass is 16.7. The minimum Gasteiger partial charge on any atom is -0.384 e. The Morgan fingerprint density at radius 3 is 2.25 bits per heavy atom. The van der Waals surface area contributed by atoms with Crippen molar-refractivity contribution in [1.82, 2.24) is 4.98 Å². The van der Waals surface area contributed by atoms with Crippen molar-refractivity contribution in [1.29, 1.82) is 0 Å². The number of nitrogens with one attached hydrogen (secondary N) is 1. The molecule has 4 nitrogen and oxygen atoms in total. The lowest BCUT2D eigenvalue weighted by Gasteiger charge is -2.32. The van der Waals surface area contributed by atoms with Gasteiger partial charge in [-0.25, -0.2) is 4.98 Å². The third-order valence-corrected chi connectivity index (χ3v) is 3.18. The van der Waals surface area contributed by atoms with Crippen molar-refractivity contribution in [2.24, 2.45) is 0 Å². The quantitative estimate of drug-likeness (QED) is 0.775. The average Bonchev–Trinajstić information content (AvgIpc) is 2.36. The molecule has 0 bridgehead atoms. The molecule has 2 rings (SSSR count). The van der Waals surface area contributed by atoms with E-state index in [1.807, 2.05) is 45.9 Å². The first kappa shape index (κ1) is 11.4. The van der Waals surface area contributed by atoms with Gasteiger partial charge in [-0.05, 0) is 39.8 Å². The SMILES string of the molecule is CC1(C)OB(Nc2ccccn2)OC1(C)C. The van der Waals surface area contributed by atoms with Gasteiger partial charge in [0.2, 0.25) is 0 Å². The second kappa shape index (κ2) is 3.75. The number of rotatable bonds is 2. The number of pyridine rings is 1. The largest absolute Gasteiger partial charge is 0.592 e. The number of nitrogens with zero attached hydrogens (tertiary/aromatic N) is 1. The molecule has 0 amide bonds. The van der Waals surface area contributed by atoms with Crippen LogP contribution in [-0.2, 0) is 9.31 Å². The highest BCUT2D eigenvalue weighted by Crippen LogP contribution is 2.36. The Labute approximate surface area is 96.5 Å². The van der Waals surface area contributed by atoms with E-state index in [9.17, 15) is 0 Å². The van der Waals surface area contributed by atoms with E-state index in [2.05, 4.69) is 10.2 Å². The minimum atomic E-state index is -0.445. The van der Waals surface area contributed by atoms with Crippen LogP contribution in [-0.4, -0.2) is 23.4 Å². The molecule has 0 aliphatic carbocycles. The first-order chi connectivity index (χ1) is 7.41. The fourth-order valence-corrected chi connectivity index (χ4v) is 1.47. The monoisotopic (exact) mass is 220 g/mol. The summed E-state index contributed by atoms with van der Waals surface area (Å²) in [4.78, 5) is 4.17. The van der Waals surface area contributed by atoms with Gasteiger partial charge < -0.3 is 14.5 Å². The molecule has 0 spiro atoms. The number of hydrogen-bond acceptors (Lipinski definition) is 4. The van der Waals surface area contributed by atoms with Crippen LogP contribution in [0.25, 0.3) is 0 Å². The molecule has 0 aromatic carbocycles. The summed E-state index contributed by atoms with van der Waals surface area (Å²) in [5, 5.41) is 3.10. The summed E-state index contributed by atoms with van der Waals surface area (Å²) in [7, 11) is -0.445. The fraction of sp³-hybridized carbons (Fsp3) is 0.545. The van der Waals surface area contributed by atoms with E-state index in [1.165, 1.54) is 0 Å². The Kier molecular flexibility index (Phi) is 2.68. The van der Waals surface area contributed by atoms with Crippen LogP contribution in [0.15, 0.2) is 24.4 Å². The fourth-order valence-electron chi connectivity index (χ4n) is 1.47. The average molecular weight is 220 g/mol. The molecule has 0 radical (unpaired) electrons. The summed E-state index contributed by atoms with van der Waals surface area (Å²) in [6.45, 7) is 8.08. The standard InChI is InChI=1S/C11H17BN2O2/c1-10(2)11(3,4)16-12(15-10)14-9-7-5-6-8-13-9/h5-8H,1-4H3,(H,13,14). The van der Waals surface area contributed by atoms with Crippen LogP contribution < -0.4 is 5.23 Å². The van der Waals surface area contributed by atoms with Crippen molar-refractivity contribution in [3.8, 4) is 0 Å². The molecule has 1 aliphatic heterocycles. The molecule has 0 atom stereocenters. The Hall–Kier alpha value is -1.07. The van der Waals surface area contributed by atoms with Crippen LogP contribution in [0.5, 0.6) is 0 Å². The van der Waals surface area contributed by atoms with Gasteiger partial charge in [-0.1, -0.05) is 6.07 Å². The van der Waals surface area contributed by atoms with E-state index < -0.39 is 7.25 Å². The number of aromatic nitrogens is 1. The first-order valence-electron chi connectivity index (χ1n) is 5.44. The van der Waals surface area contributed by atoms with Crippen molar-refractivity contribution in [3.63, 3.8) is 0 Å². The van der Waals surface area contributed by atoms with E-state index >= 15 is 0 Å². The van der Waals surface area contributed by atoms with Gasteiger partial charge in [0, 0.05) is 6.20 Å². The molecule has 1 fully saturated rings. The summed E-state index contributed by atoms with van der Waals surface area (Å²) in [6.07, 6.45) is 1.73. The van der Waals surface area contributed by atoms with E-state index in [0.29, 0.717) is 0 Å². The number of anilines is 1. The number of hydrogen-bond donors (Lipinski definition) is 1. The zero-order chi connectivity index (χ0) is 11.8. The first-order valence-corrected chi connectivity index (χ1v) is 5.44. The third-order valence-electron chi connectivity index (χ3n) is 3.18. The molecule has 1 aromatic rings. The van der Waals surface area contributed by atoms with Crippen molar-refractivity contribution in [3.05, 3.63) is 24.4 Å². The molecule has 86 valence electrons. The maximum absolute atomic E-state index is 5.79. The Bertz CT molecular complexity index is 352. The van der Waals surface area contributed by atoms with Crippen LogP contribution in [0.3, 0.4) is 0 Å². The van der Waals surface area contributed by atoms with Crippen LogP contribution >= 0.6 is 0 Å². The summed E-state index contributed by atoms with van der Waals surface area (Å²) >= 11 is 0. The highest BCUT2D eigenvalue weighted by Gasteiger charge is 2.52. The molecule has 5 heteroatoms. The zero-order valence-electron chi connectivity index (χ0n) is 10.2. The third kappa shape index (κ3) is 2.06. The maximum atomic E-state index is 5.79. The van der Waals surface area contributed by atoms with Crippen molar-refractivity contribution >= 4 is 13.1 Å². The highest BCUT2D eigenvalue weighted by molar-refractivity contribution is 6.49. The molecule has 1 N–H and O–H groups in total. The lowest BCUT2D eigenvalue weighted by Crippen LogP contribution is -2.41. The molecular formula is C11H17BN2O2. The van der Waals surface area contributed by atoms with Gasteiger partial charge >= 0.3 is 7.25 Å². The Morgan fingerprint density at radius 2 is 1.75 bits per heavy atom.